The maximum atomic E-state index is 12.0. The van der Waals surface area contributed by atoms with Gasteiger partial charge in [0.25, 0.3) is 10.2 Å². The first-order valence-electron chi connectivity index (χ1n) is 5.83. The third kappa shape index (κ3) is 3.41. The molecule has 0 aromatic rings. The van der Waals surface area contributed by atoms with Crippen LogP contribution in [0.15, 0.2) is 0 Å². The monoisotopic (exact) mass is 250 g/mol. The van der Waals surface area contributed by atoms with E-state index in [0.717, 1.165) is 19.3 Å². The van der Waals surface area contributed by atoms with Gasteiger partial charge < -0.3 is 5.11 Å². The van der Waals surface area contributed by atoms with E-state index in [9.17, 15) is 13.5 Å². The summed E-state index contributed by atoms with van der Waals surface area (Å²) >= 11 is 0. The Hall–Kier alpha value is -0.170. The summed E-state index contributed by atoms with van der Waals surface area (Å²) in [6, 6.07) is 0. The van der Waals surface area contributed by atoms with Crippen molar-refractivity contribution < 1.29 is 13.5 Å². The molecule has 1 aliphatic rings. The molecule has 1 rings (SSSR count). The van der Waals surface area contributed by atoms with Gasteiger partial charge in [-0.2, -0.15) is 17.4 Å². The van der Waals surface area contributed by atoms with E-state index in [1.165, 1.54) is 4.31 Å². The van der Waals surface area contributed by atoms with Gasteiger partial charge in [0.15, 0.2) is 0 Å². The van der Waals surface area contributed by atoms with Gasteiger partial charge in [0.05, 0.1) is 12.1 Å². The zero-order chi connectivity index (χ0) is 12.2. The molecule has 0 spiro atoms. The van der Waals surface area contributed by atoms with Crippen molar-refractivity contribution in [1.29, 1.82) is 0 Å². The minimum absolute atomic E-state index is 0.184. The third-order valence-electron chi connectivity index (χ3n) is 3.16. The van der Waals surface area contributed by atoms with Gasteiger partial charge in [-0.25, -0.2) is 0 Å². The average molecular weight is 250 g/mol. The van der Waals surface area contributed by atoms with Gasteiger partial charge in [0.2, 0.25) is 0 Å². The number of nitrogens with one attached hydrogen (secondary N) is 1. The number of nitrogens with zero attached hydrogens (tertiary/aromatic N) is 1. The number of hydrogen-bond donors (Lipinski definition) is 2. The molecule has 16 heavy (non-hydrogen) atoms. The van der Waals surface area contributed by atoms with Crippen LogP contribution in [0.25, 0.3) is 0 Å². The zero-order valence-corrected chi connectivity index (χ0v) is 10.9. The van der Waals surface area contributed by atoms with E-state index in [4.69, 9.17) is 0 Å². The molecule has 1 atom stereocenters. The molecule has 0 aromatic heterocycles. The minimum Gasteiger partial charge on any atom is -0.394 e. The van der Waals surface area contributed by atoms with Crippen LogP contribution in [-0.4, -0.2) is 43.1 Å². The first-order valence-corrected chi connectivity index (χ1v) is 7.27. The van der Waals surface area contributed by atoms with Gasteiger partial charge in [-0.3, -0.25) is 0 Å². The van der Waals surface area contributed by atoms with Gasteiger partial charge >= 0.3 is 0 Å². The van der Waals surface area contributed by atoms with Gasteiger partial charge in [-0.15, -0.1) is 0 Å². The highest BCUT2D eigenvalue weighted by Crippen LogP contribution is 2.16. The Morgan fingerprint density at radius 2 is 1.88 bits per heavy atom. The van der Waals surface area contributed by atoms with E-state index in [0.29, 0.717) is 19.5 Å². The molecule has 0 saturated carbocycles. The highest BCUT2D eigenvalue weighted by atomic mass is 32.2. The largest absolute Gasteiger partial charge is 0.394 e. The Kier molecular flexibility index (Phi) is 4.73. The Labute approximate surface area is 98.0 Å². The molecule has 1 saturated heterocycles. The van der Waals surface area contributed by atoms with Crippen molar-refractivity contribution in [2.24, 2.45) is 0 Å². The number of piperidine rings is 1. The molecule has 0 aliphatic carbocycles. The van der Waals surface area contributed by atoms with Crippen LogP contribution in [0.5, 0.6) is 0 Å². The molecule has 96 valence electrons. The highest BCUT2D eigenvalue weighted by molar-refractivity contribution is 7.87. The maximum absolute atomic E-state index is 12.0. The van der Waals surface area contributed by atoms with Crippen molar-refractivity contribution in [1.82, 2.24) is 9.03 Å². The van der Waals surface area contributed by atoms with Crippen molar-refractivity contribution in [3.8, 4) is 0 Å². The topological polar surface area (TPSA) is 69.6 Å². The molecule has 1 fully saturated rings. The normalized spacial score (nSPS) is 22.9. The van der Waals surface area contributed by atoms with Crippen LogP contribution in [0.4, 0.5) is 0 Å². The van der Waals surface area contributed by atoms with Crippen LogP contribution in [0.2, 0.25) is 0 Å². The van der Waals surface area contributed by atoms with Crippen molar-refractivity contribution >= 4 is 10.2 Å². The van der Waals surface area contributed by atoms with Crippen molar-refractivity contribution in [2.75, 3.05) is 19.7 Å². The molecule has 0 radical (unpaired) electrons. The van der Waals surface area contributed by atoms with Crippen LogP contribution < -0.4 is 4.72 Å². The lowest BCUT2D eigenvalue weighted by atomic mass is 10.0. The fourth-order valence-corrected chi connectivity index (χ4v) is 3.40. The predicted molar refractivity (Wildman–Crippen MR) is 63.3 cm³/mol. The van der Waals surface area contributed by atoms with Gasteiger partial charge in [0.1, 0.15) is 0 Å². The number of aliphatic hydroxyl groups is 1. The fourth-order valence-electron chi connectivity index (χ4n) is 1.70. The second-order valence-corrected chi connectivity index (χ2v) is 6.31. The third-order valence-corrected chi connectivity index (χ3v) is 4.96. The SMILES string of the molecule is CCC(C)(CO)NS(=O)(=O)N1CCCCC1. The second-order valence-electron chi connectivity index (χ2n) is 4.64. The fraction of sp³-hybridized carbons (Fsp3) is 1.00. The van der Waals surface area contributed by atoms with Crippen LogP contribution in [-0.2, 0) is 10.2 Å². The molecule has 1 heterocycles. The van der Waals surface area contributed by atoms with Crippen LogP contribution in [0.3, 0.4) is 0 Å². The van der Waals surface area contributed by atoms with Crippen LogP contribution in [0, 0.1) is 0 Å². The number of hydrogen-bond acceptors (Lipinski definition) is 3. The summed E-state index contributed by atoms with van der Waals surface area (Å²) < 4.78 is 28.1. The van der Waals surface area contributed by atoms with Gasteiger partial charge in [-0.05, 0) is 26.2 Å². The van der Waals surface area contributed by atoms with E-state index in [2.05, 4.69) is 4.72 Å². The Morgan fingerprint density at radius 1 is 1.31 bits per heavy atom. The van der Waals surface area contributed by atoms with Crippen LogP contribution in [0.1, 0.15) is 39.5 Å². The summed E-state index contributed by atoms with van der Waals surface area (Å²) in [6.45, 7) is 4.56. The summed E-state index contributed by atoms with van der Waals surface area (Å²) in [6.07, 6.45) is 3.50. The molecule has 0 aromatic carbocycles. The average Bonchev–Trinajstić information content (AvgIpc) is 2.29. The number of rotatable bonds is 5. The molecule has 5 nitrogen and oxygen atoms in total. The Balaban J connectivity index is 2.70. The van der Waals surface area contributed by atoms with Crippen molar-refractivity contribution in [3.05, 3.63) is 0 Å². The molecule has 1 unspecified atom stereocenters. The molecule has 6 heteroatoms. The lowest BCUT2D eigenvalue weighted by Gasteiger charge is -2.32. The van der Waals surface area contributed by atoms with Gasteiger partial charge in [-0.1, -0.05) is 13.3 Å². The number of aliphatic hydroxyl groups excluding tert-OH is 1. The summed E-state index contributed by atoms with van der Waals surface area (Å²) in [5, 5.41) is 9.20. The molecular formula is C10H22N2O3S. The minimum atomic E-state index is -3.44. The van der Waals surface area contributed by atoms with Crippen molar-refractivity contribution in [3.63, 3.8) is 0 Å². The van der Waals surface area contributed by atoms with Crippen molar-refractivity contribution in [2.45, 2.75) is 45.1 Å². The maximum Gasteiger partial charge on any atom is 0.280 e. The lowest BCUT2D eigenvalue weighted by Crippen LogP contribution is -2.54. The molecule has 0 bridgehead atoms. The van der Waals surface area contributed by atoms with E-state index in [1.807, 2.05) is 6.92 Å². The van der Waals surface area contributed by atoms with E-state index >= 15 is 0 Å². The predicted octanol–water partition coefficient (Wildman–Crippen LogP) is 0.468. The quantitative estimate of drug-likeness (QED) is 0.745. The second kappa shape index (κ2) is 5.44. The Bertz CT molecular complexity index is 306. The Morgan fingerprint density at radius 3 is 2.31 bits per heavy atom. The smallest absolute Gasteiger partial charge is 0.280 e. The van der Waals surface area contributed by atoms with E-state index in [1.54, 1.807) is 6.92 Å². The first kappa shape index (κ1) is 13.9. The highest BCUT2D eigenvalue weighted by Gasteiger charge is 2.31. The first-order chi connectivity index (χ1) is 7.43. The van der Waals surface area contributed by atoms with Gasteiger partial charge in [0, 0.05) is 13.1 Å². The molecule has 1 aliphatic heterocycles. The van der Waals surface area contributed by atoms with E-state index in [-0.39, 0.29) is 6.61 Å². The van der Waals surface area contributed by atoms with Crippen LogP contribution >= 0.6 is 0 Å². The molecular weight excluding hydrogens is 228 g/mol. The standard InChI is InChI=1S/C10H22N2O3S/c1-3-10(2,9-13)11-16(14,15)12-7-5-4-6-8-12/h11,13H,3-9H2,1-2H3. The summed E-state index contributed by atoms with van der Waals surface area (Å²) in [4.78, 5) is 0. The van der Waals surface area contributed by atoms with E-state index < -0.39 is 15.7 Å². The summed E-state index contributed by atoms with van der Waals surface area (Å²) in [5.74, 6) is 0. The lowest BCUT2D eigenvalue weighted by molar-refractivity contribution is 0.187. The summed E-state index contributed by atoms with van der Waals surface area (Å²) in [7, 11) is -3.44. The molecule has 0 amide bonds. The molecule has 2 N–H and O–H groups in total. The summed E-state index contributed by atoms with van der Waals surface area (Å²) in [5.41, 5.74) is -0.754. The zero-order valence-electron chi connectivity index (χ0n) is 10.1.